The van der Waals surface area contributed by atoms with E-state index in [0.717, 1.165) is 45.4 Å². The Bertz CT molecular complexity index is 790. The van der Waals surface area contributed by atoms with Crippen LogP contribution in [0, 0.1) is 0 Å². The SMILES string of the molecule is CN(CCN(C1CCOCC1)C1CCCN(S(C)(=O)=O)C1)C(=O)c1cnn(C)c1. The van der Waals surface area contributed by atoms with Gasteiger partial charge in [0.05, 0.1) is 18.0 Å². The fraction of sp³-hybridized carbons (Fsp3) is 0.789. The maximum Gasteiger partial charge on any atom is 0.256 e. The fourth-order valence-corrected chi connectivity index (χ4v) is 5.20. The molecule has 1 atom stereocenters. The highest BCUT2D eigenvalue weighted by Crippen LogP contribution is 2.24. The second-order valence-electron chi connectivity index (χ2n) is 8.13. The van der Waals surface area contributed by atoms with E-state index in [1.165, 1.54) is 6.26 Å². The van der Waals surface area contributed by atoms with Crippen molar-refractivity contribution in [3.8, 4) is 0 Å². The minimum Gasteiger partial charge on any atom is -0.381 e. The molecule has 0 bridgehead atoms. The molecule has 1 aromatic heterocycles. The molecule has 164 valence electrons. The number of hydrogen-bond donors (Lipinski definition) is 0. The van der Waals surface area contributed by atoms with Gasteiger partial charge in [0.25, 0.3) is 5.91 Å². The number of piperidine rings is 1. The summed E-state index contributed by atoms with van der Waals surface area (Å²) in [6, 6.07) is 0.527. The van der Waals surface area contributed by atoms with Gasteiger partial charge in [-0.1, -0.05) is 0 Å². The first kappa shape index (κ1) is 22.2. The Kier molecular flexibility index (Phi) is 7.31. The van der Waals surface area contributed by atoms with Crippen LogP contribution in [0.4, 0.5) is 0 Å². The van der Waals surface area contributed by atoms with Crippen molar-refractivity contribution in [2.75, 3.05) is 52.7 Å². The predicted octanol–water partition coefficient (Wildman–Crippen LogP) is 0.397. The molecule has 1 amide bonds. The van der Waals surface area contributed by atoms with Gasteiger partial charge in [0.2, 0.25) is 10.0 Å². The van der Waals surface area contributed by atoms with E-state index < -0.39 is 10.0 Å². The molecule has 2 aliphatic heterocycles. The maximum atomic E-state index is 12.7. The molecule has 3 heterocycles. The van der Waals surface area contributed by atoms with Crippen LogP contribution in [0.3, 0.4) is 0 Å². The predicted molar refractivity (Wildman–Crippen MR) is 110 cm³/mol. The number of nitrogens with zero attached hydrogens (tertiary/aromatic N) is 5. The molecule has 3 rings (SSSR count). The molecular formula is C19H33N5O4S. The minimum absolute atomic E-state index is 0.0496. The number of aryl methyl sites for hydroxylation is 1. The summed E-state index contributed by atoms with van der Waals surface area (Å²) in [7, 11) is 0.405. The lowest BCUT2D eigenvalue weighted by molar-refractivity contribution is 0.00319. The minimum atomic E-state index is -3.19. The average Bonchev–Trinajstić information content (AvgIpc) is 3.14. The highest BCUT2D eigenvalue weighted by Gasteiger charge is 2.34. The van der Waals surface area contributed by atoms with E-state index in [9.17, 15) is 13.2 Å². The Labute approximate surface area is 173 Å². The third kappa shape index (κ3) is 5.78. The number of ether oxygens (including phenoxy) is 1. The first-order valence-electron chi connectivity index (χ1n) is 10.3. The van der Waals surface area contributed by atoms with Crippen LogP contribution in [0.15, 0.2) is 12.4 Å². The van der Waals surface area contributed by atoms with Gasteiger partial charge >= 0.3 is 0 Å². The van der Waals surface area contributed by atoms with Crippen molar-refractivity contribution in [3.05, 3.63) is 18.0 Å². The average molecular weight is 428 g/mol. The molecule has 0 N–H and O–H groups in total. The van der Waals surface area contributed by atoms with Crippen molar-refractivity contribution in [1.29, 1.82) is 0 Å². The number of amides is 1. The molecule has 9 nitrogen and oxygen atoms in total. The van der Waals surface area contributed by atoms with Crippen molar-refractivity contribution in [2.45, 2.75) is 37.8 Å². The summed E-state index contributed by atoms with van der Waals surface area (Å²) in [5.74, 6) is -0.0496. The number of rotatable bonds is 7. The molecule has 0 radical (unpaired) electrons. The van der Waals surface area contributed by atoms with Gasteiger partial charge < -0.3 is 9.64 Å². The molecule has 10 heteroatoms. The first-order valence-corrected chi connectivity index (χ1v) is 12.1. The largest absolute Gasteiger partial charge is 0.381 e. The highest BCUT2D eigenvalue weighted by molar-refractivity contribution is 7.88. The van der Waals surface area contributed by atoms with E-state index >= 15 is 0 Å². The van der Waals surface area contributed by atoms with Gasteiger partial charge in [0, 0.05) is 71.8 Å². The Morgan fingerprint density at radius 3 is 2.59 bits per heavy atom. The molecule has 1 unspecified atom stereocenters. The highest BCUT2D eigenvalue weighted by atomic mass is 32.2. The molecule has 2 fully saturated rings. The summed E-state index contributed by atoms with van der Waals surface area (Å²) < 4.78 is 32.9. The first-order chi connectivity index (χ1) is 13.8. The number of likely N-dealkylation sites (N-methyl/N-ethyl adjacent to an activating group) is 1. The Hall–Kier alpha value is -1.49. The smallest absolute Gasteiger partial charge is 0.256 e. The lowest BCUT2D eigenvalue weighted by atomic mass is 9.99. The molecule has 2 aliphatic rings. The summed E-state index contributed by atoms with van der Waals surface area (Å²) in [4.78, 5) is 16.8. The Morgan fingerprint density at radius 2 is 1.97 bits per heavy atom. The van der Waals surface area contributed by atoms with E-state index in [-0.39, 0.29) is 11.9 Å². The van der Waals surface area contributed by atoms with Crippen molar-refractivity contribution in [3.63, 3.8) is 0 Å². The number of aromatic nitrogens is 2. The fourth-order valence-electron chi connectivity index (χ4n) is 4.29. The topological polar surface area (TPSA) is 88.0 Å². The quantitative estimate of drug-likeness (QED) is 0.626. The second-order valence-corrected chi connectivity index (χ2v) is 10.1. The van der Waals surface area contributed by atoms with Gasteiger partial charge in [-0.2, -0.15) is 5.10 Å². The van der Waals surface area contributed by atoms with Crippen molar-refractivity contribution in [2.24, 2.45) is 7.05 Å². The monoisotopic (exact) mass is 427 g/mol. The van der Waals surface area contributed by atoms with Crippen LogP contribution in [0.1, 0.15) is 36.0 Å². The zero-order chi connectivity index (χ0) is 21.0. The van der Waals surface area contributed by atoms with E-state index in [2.05, 4.69) is 10.00 Å². The van der Waals surface area contributed by atoms with Crippen molar-refractivity contribution < 1.29 is 17.9 Å². The van der Waals surface area contributed by atoms with Crippen LogP contribution >= 0.6 is 0 Å². The van der Waals surface area contributed by atoms with Gasteiger partial charge in [0.15, 0.2) is 0 Å². The van der Waals surface area contributed by atoms with Gasteiger partial charge in [0.1, 0.15) is 0 Å². The van der Waals surface area contributed by atoms with Crippen LogP contribution in [0.2, 0.25) is 0 Å². The van der Waals surface area contributed by atoms with Crippen LogP contribution in [0.5, 0.6) is 0 Å². The number of sulfonamides is 1. The summed E-state index contributed by atoms with van der Waals surface area (Å²) in [6.07, 6.45) is 8.31. The molecule has 2 saturated heterocycles. The molecule has 29 heavy (non-hydrogen) atoms. The molecule has 1 aromatic rings. The van der Waals surface area contributed by atoms with Crippen LogP contribution in [-0.4, -0.2) is 103 Å². The second kappa shape index (κ2) is 9.55. The zero-order valence-electron chi connectivity index (χ0n) is 17.7. The third-order valence-corrected chi connectivity index (χ3v) is 7.22. The molecule has 0 aliphatic carbocycles. The van der Waals surface area contributed by atoms with Gasteiger partial charge in [-0.15, -0.1) is 0 Å². The Balaban J connectivity index is 1.67. The van der Waals surface area contributed by atoms with E-state index in [4.69, 9.17) is 4.74 Å². The van der Waals surface area contributed by atoms with E-state index in [0.29, 0.717) is 31.2 Å². The molecular weight excluding hydrogens is 394 g/mol. The number of hydrogen-bond acceptors (Lipinski definition) is 6. The summed E-state index contributed by atoms with van der Waals surface area (Å²) in [6.45, 7) is 3.88. The number of carbonyl (C=O) groups excluding carboxylic acids is 1. The summed E-state index contributed by atoms with van der Waals surface area (Å²) >= 11 is 0. The van der Waals surface area contributed by atoms with Gasteiger partial charge in [-0.25, -0.2) is 12.7 Å². The van der Waals surface area contributed by atoms with Crippen molar-refractivity contribution >= 4 is 15.9 Å². The Morgan fingerprint density at radius 1 is 1.24 bits per heavy atom. The normalized spacial score (nSPS) is 22.1. The van der Waals surface area contributed by atoms with Crippen LogP contribution < -0.4 is 0 Å². The number of carbonyl (C=O) groups is 1. The summed E-state index contributed by atoms with van der Waals surface area (Å²) in [5, 5.41) is 4.08. The van der Waals surface area contributed by atoms with Crippen molar-refractivity contribution in [1.82, 2.24) is 23.9 Å². The molecule has 0 spiro atoms. The van der Waals surface area contributed by atoms with E-state index in [1.54, 1.807) is 40.4 Å². The van der Waals surface area contributed by atoms with Crippen LogP contribution in [-0.2, 0) is 21.8 Å². The van der Waals surface area contributed by atoms with Crippen LogP contribution in [0.25, 0.3) is 0 Å². The van der Waals surface area contributed by atoms with E-state index in [1.807, 2.05) is 0 Å². The lowest BCUT2D eigenvalue weighted by Crippen LogP contribution is -2.55. The molecule has 0 aromatic carbocycles. The van der Waals surface area contributed by atoms with Gasteiger partial charge in [-0.05, 0) is 25.7 Å². The summed E-state index contributed by atoms with van der Waals surface area (Å²) in [5.41, 5.74) is 0.577. The van der Waals surface area contributed by atoms with Gasteiger partial charge in [-0.3, -0.25) is 14.4 Å². The maximum absolute atomic E-state index is 12.7. The zero-order valence-corrected chi connectivity index (χ0v) is 18.5. The lowest BCUT2D eigenvalue weighted by Gasteiger charge is -2.44. The standard InChI is InChI=1S/C19H33N5O4S/c1-21(19(25)16-13-20-22(2)14-16)9-10-24(17-6-11-28-12-7-17)18-5-4-8-23(15-18)29(3,26)27/h13-14,17-18H,4-12,15H2,1-3H3. The molecule has 0 saturated carbocycles. The third-order valence-electron chi connectivity index (χ3n) is 5.95.